The third-order valence-electron chi connectivity index (χ3n) is 2.73. The molecule has 0 bridgehead atoms. The van der Waals surface area contributed by atoms with Crippen molar-refractivity contribution in [1.82, 2.24) is 4.90 Å². The molecule has 0 aliphatic heterocycles. The summed E-state index contributed by atoms with van der Waals surface area (Å²) >= 11 is 0. The molecular formula is C13H20ClNO. The highest BCUT2D eigenvalue weighted by Crippen LogP contribution is 2.07. The average Bonchev–Trinajstić information content (AvgIpc) is 2.30. The number of aldehydes is 1. The van der Waals surface area contributed by atoms with Crippen LogP contribution in [0, 0.1) is 0 Å². The monoisotopic (exact) mass is 241 g/mol. The highest BCUT2D eigenvalue weighted by atomic mass is 35.5. The normalized spacial score (nSPS) is 11.9. The molecule has 0 heterocycles. The molecule has 0 aliphatic rings. The number of rotatable bonds is 6. The van der Waals surface area contributed by atoms with Gasteiger partial charge in [-0.2, -0.15) is 0 Å². The third-order valence-corrected chi connectivity index (χ3v) is 2.73. The lowest BCUT2D eigenvalue weighted by molar-refractivity contribution is -0.112. The first kappa shape index (κ1) is 15.1. The SMILES string of the molecule is CCN(CC)C(C=O)Cc1ccccc1.Cl. The number of halogens is 1. The Morgan fingerprint density at radius 2 is 1.75 bits per heavy atom. The first-order valence-electron chi connectivity index (χ1n) is 5.55. The molecule has 0 aromatic heterocycles. The van der Waals surface area contributed by atoms with Crippen LogP contribution in [0.2, 0.25) is 0 Å². The van der Waals surface area contributed by atoms with Gasteiger partial charge in [-0.05, 0) is 25.1 Å². The van der Waals surface area contributed by atoms with E-state index in [1.165, 1.54) is 5.56 Å². The Kier molecular flexibility index (Phi) is 7.86. The second-order valence-corrected chi connectivity index (χ2v) is 3.61. The Hall–Kier alpha value is -0.860. The van der Waals surface area contributed by atoms with Crippen LogP contribution in [0.25, 0.3) is 0 Å². The first-order chi connectivity index (χ1) is 7.31. The van der Waals surface area contributed by atoms with Crippen LogP contribution < -0.4 is 0 Å². The van der Waals surface area contributed by atoms with Gasteiger partial charge in [0.25, 0.3) is 0 Å². The number of likely N-dealkylation sites (N-methyl/N-ethyl adjacent to an activating group) is 1. The summed E-state index contributed by atoms with van der Waals surface area (Å²) in [5.74, 6) is 0. The van der Waals surface area contributed by atoms with Crippen molar-refractivity contribution in [3.05, 3.63) is 35.9 Å². The van der Waals surface area contributed by atoms with Gasteiger partial charge in [0.05, 0.1) is 6.04 Å². The molecule has 0 amide bonds. The zero-order valence-corrected chi connectivity index (χ0v) is 10.7. The highest BCUT2D eigenvalue weighted by molar-refractivity contribution is 5.85. The summed E-state index contributed by atoms with van der Waals surface area (Å²) in [7, 11) is 0. The molecule has 2 nitrogen and oxygen atoms in total. The molecule has 1 aromatic carbocycles. The minimum atomic E-state index is 0. The molecule has 0 radical (unpaired) electrons. The Bertz CT molecular complexity index is 285. The molecule has 90 valence electrons. The predicted molar refractivity (Wildman–Crippen MR) is 70.2 cm³/mol. The Morgan fingerprint density at radius 3 is 2.19 bits per heavy atom. The van der Waals surface area contributed by atoms with Crippen LogP contribution in [-0.4, -0.2) is 30.3 Å². The van der Waals surface area contributed by atoms with Gasteiger partial charge in [0.15, 0.2) is 0 Å². The predicted octanol–water partition coefficient (Wildman–Crippen LogP) is 2.56. The molecule has 1 unspecified atom stereocenters. The van der Waals surface area contributed by atoms with Gasteiger partial charge >= 0.3 is 0 Å². The lowest BCUT2D eigenvalue weighted by Crippen LogP contribution is -2.37. The summed E-state index contributed by atoms with van der Waals surface area (Å²) in [6.45, 7) is 6.02. The summed E-state index contributed by atoms with van der Waals surface area (Å²) in [6.07, 6.45) is 1.87. The summed E-state index contributed by atoms with van der Waals surface area (Å²) in [5.41, 5.74) is 1.22. The zero-order valence-electron chi connectivity index (χ0n) is 9.93. The van der Waals surface area contributed by atoms with Gasteiger partial charge < -0.3 is 4.79 Å². The minimum Gasteiger partial charge on any atom is -0.302 e. The van der Waals surface area contributed by atoms with Crippen molar-refractivity contribution in [2.24, 2.45) is 0 Å². The van der Waals surface area contributed by atoms with Crippen LogP contribution in [0.5, 0.6) is 0 Å². The molecule has 0 aliphatic carbocycles. The Balaban J connectivity index is 0.00000225. The third kappa shape index (κ3) is 4.33. The number of hydrogen-bond donors (Lipinski definition) is 0. The maximum atomic E-state index is 11.0. The highest BCUT2D eigenvalue weighted by Gasteiger charge is 2.14. The van der Waals surface area contributed by atoms with Crippen molar-refractivity contribution in [2.75, 3.05) is 13.1 Å². The molecular weight excluding hydrogens is 222 g/mol. The smallest absolute Gasteiger partial charge is 0.137 e. The van der Waals surface area contributed by atoms with Gasteiger partial charge in [0, 0.05) is 0 Å². The molecule has 0 saturated carbocycles. The fourth-order valence-electron chi connectivity index (χ4n) is 1.81. The molecule has 0 fully saturated rings. The van der Waals surface area contributed by atoms with Crippen molar-refractivity contribution < 1.29 is 4.79 Å². The van der Waals surface area contributed by atoms with Gasteiger partial charge in [0.1, 0.15) is 6.29 Å². The van der Waals surface area contributed by atoms with E-state index in [-0.39, 0.29) is 18.4 Å². The maximum Gasteiger partial charge on any atom is 0.137 e. The van der Waals surface area contributed by atoms with E-state index in [9.17, 15) is 4.79 Å². The van der Waals surface area contributed by atoms with E-state index in [4.69, 9.17) is 0 Å². The van der Waals surface area contributed by atoms with E-state index in [0.29, 0.717) is 0 Å². The number of hydrogen-bond acceptors (Lipinski definition) is 2. The van der Waals surface area contributed by atoms with Gasteiger partial charge in [-0.15, -0.1) is 12.4 Å². The van der Waals surface area contributed by atoms with E-state index in [1.807, 2.05) is 18.2 Å². The molecule has 0 N–H and O–H groups in total. The van der Waals surface area contributed by atoms with Crippen molar-refractivity contribution in [3.8, 4) is 0 Å². The lowest BCUT2D eigenvalue weighted by Gasteiger charge is -2.25. The summed E-state index contributed by atoms with van der Waals surface area (Å²) in [5, 5.41) is 0. The fourth-order valence-corrected chi connectivity index (χ4v) is 1.81. The van der Waals surface area contributed by atoms with Crippen molar-refractivity contribution in [3.63, 3.8) is 0 Å². The molecule has 1 aromatic rings. The van der Waals surface area contributed by atoms with Crippen molar-refractivity contribution >= 4 is 18.7 Å². The molecule has 0 saturated heterocycles. The lowest BCUT2D eigenvalue weighted by atomic mass is 10.1. The van der Waals surface area contributed by atoms with Crippen LogP contribution in [0.4, 0.5) is 0 Å². The molecule has 0 spiro atoms. The fraction of sp³-hybridized carbons (Fsp3) is 0.462. The van der Waals surface area contributed by atoms with Gasteiger partial charge in [0.2, 0.25) is 0 Å². The summed E-state index contributed by atoms with van der Waals surface area (Å²) in [6, 6.07) is 10.2. The number of benzene rings is 1. The van der Waals surface area contributed by atoms with Crippen molar-refractivity contribution in [2.45, 2.75) is 26.3 Å². The van der Waals surface area contributed by atoms with E-state index >= 15 is 0 Å². The molecule has 1 rings (SSSR count). The van der Waals surface area contributed by atoms with Crippen LogP contribution >= 0.6 is 12.4 Å². The van der Waals surface area contributed by atoms with Crippen LogP contribution in [-0.2, 0) is 11.2 Å². The second-order valence-electron chi connectivity index (χ2n) is 3.61. The van der Waals surface area contributed by atoms with Crippen LogP contribution in [0.15, 0.2) is 30.3 Å². The summed E-state index contributed by atoms with van der Waals surface area (Å²) in [4.78, 5) is 13.2. The zero-order chi connectivity index (χ0) is 11.1. The van der Waals surface area contributed by atoms with E-state index in [1.54, 1.807) is 0 Å². The van der Waals surface area contributed by atoms with Gasteiger partial charge in [-0.25, -0.2) is 0 Å². The quantitative estimate of drug-likeness (QED) is 0.714. The molecule has 1 atom stereocenters. The number of carbonyl (C=O) groups is 1. The second kappa shape index (κ2) is 8.31. The average molecular weight is 242 g/mol. The molecule has 16 heavy (non-hydrogen) atoms. The Labute approximate surface area is 104 Å². The van der Waals surface area contributed by atoms with Crippen LogP contribution in [0.1, 0.15) is 19.4 Å². The molecule has 3 heteroatoms. The topological polar surface area (TPSA) is 20.3 Å². The van der Waals surface area contributed by atoms with E-state index < -0.39 is 0 Å². The maximum absolute atomic E-state index is 11.0. The van der Waals surface area contributed by atoms with Gasteiger partial charge in [-0.1, -0.05) is 44.2 Å². The van der Waals surface area contributed by atoms with Crippen molar-refractivity contribution in [1.29, 1.82) is 0 Å². The number of carbonyl (C=O) groups excluding carboxylic acids is 1. The summed E-state index contributed by atoms with van der Waals surface area (Å²) < 4.78 is 0. The standard InChI is InChI=1S/C13H19NO.ClH/c1-3-14(4-2)13(11-15)10-12-8-6-5-7-9-12;/h5-9,11,13H,3-4,10H2,1-2H3;1H. The largest absolute Gasteiger partial charge is 0.302 e. The first-order valence-corrected chi connectivity index (χ1v) is 5.55. The van der Waals surface area contributed by atoms with Crippen LogP contribution in [0.3, 0.4) is 0 Å². The minimum absolute atomic E-state index is 0. The van der Waals surface area contributed by atoms with E-state index in [0.717, 1.165) is 25.8 Å². The Morgan fingerprint density at radius 1 is 1.19 bits per heavy atom. The number of nitrogens with zero attached hydrogens (tertiary/aromatic N) is 1. The van der Waals surface area contributed by atoms with Gasteiger partial charge in [-0.3, -0.25) is 4.90 Å². The van der Waals surface area contributed by atoms with E-state index in [2.05, 4.69) is 30.9 Å².